The number of rotatable bonds is 8. The van der Waals surface area contributed by atoms with Gasteiger partial charge in [0.1, 0.15) is 6.54 Å². The van der Waals surface area contributed by atoms with Crippen molar-refractivity contribution >= 4 is 41.0 Å². The summed E-state index contributed by atoms with van der Waals surface area (Å²) >= 11 is 5.98. The summed E-state index contributed by atoms with van der Waals surface area (Å²) < 4.78 is 63.5. The molecule has 0 unspecified atom stereocenters. The number of carbonyl (C=O) groups is 4. The summed E-state index contributed by atoms with van der Waals surface area (Å²) in [7, 11) is 6.29. The molecule has 1 aliphatic heterocycles. The maximum atomic E-state index is 13.4. The van der Waals surface area contributed by atoms with Gasteiger partial charge in [-0.3, -0.25) is 9.59 Å². The SMILES string of the molecule is CN(C)CCN(C)Cc1ccc(CN2C(=O)CN(C(=O)c3ccc(Cl)cc3)Cc3ccccc32)cc1.O=C(O)C(F)(F)F.O=C(O)C(F)(F)F. The zero-order valence-corrected chi connectivity index (χ0v) is 27.9. The number of carbonyl (C=O) groups excluding carboxylic acids is 2. The first-order valence-electron chi connectivity index (χ1n) is 14.6. The molecule has 272 valence electrons. The van der Waals surface area contributed by atoms with Crippen LogP contribution in [0.1, 0.15) is 27.0 Å². The van der Waals surface area contributed by atoms with Gasteiger partial charge in [-0.15, -0.1) is 0 Å². The second-order valence-corrected chi connectivity index (χ2v) is 11.7. The highest BCUT2D eigenvalue weighted by Crippen LogP contribution is 2.28. The minimum atomic E-state index is -5.08. The minimum Gasteiger partial charge on any atom is -0.475 e. The first-order chi connectivity index (χ1) is 23.2. The zero-order chi connectivity index (χ0) is 37.8. The van der Waals surface area contributed by atoms with Gasteiger partial charge in [0.25, 0.3) is 5.91 Å². The molecule has 0 fully saturated rings. The molecule has 2 N–H and O–H groups in total. The van der Waals surface area contributed by atoms with Crippen LogP contribution in [-0.2, 0) is 34.0 Å². The second-order valence-electron chi connectivity index (χ2n) is 11.2. The highest BCUT2D eigenvalue weighted by Gasteiger charge is 2.39. The Bertz CT molecular complexity index is 1580. The molecular weight excluding hydrogens is 698 g/mol. The Morgan fingerprint density at radius 3 is 1.76 bits per heavy atom. The molecule has 1 aliphatic rings. The van der Waals surface area contributed by atoms with E-state index < -0.39 is 24.3 Å². The Balaban J connectivity index is 0.000000521. The van der Waals surface area contributed by atoms with Crippen LogP contribution in [0, 0.1) is 0 Å². The Morgan fingerprint density at radius 2 is 1.26 bits per heavy atom. The fraction of sp³-hybridized carbons (Fsp3) is 0.333. The lowest BCUT2D eigenvalue weighted by atomic mass is 10.1. The zero-order valence-electron chi connectivity index (χ0n) is 27.1. The predicted molar refractivity (Wildman–Crippen MR) is 173 cm³/mol. The van der Waals surface area contributed by atoms with Gasteiger partial charge in [-0.05, 0) is 68.2 Å². The van der Waals surface area contributed by atoms with Crippen LogP contribution in [0.4, 0.5) is 32.0 Å². The normalized spacial score (nSPS) is 13.1. The van der Waals surface area contributed by atoms with Gasteiger partial charge in [0.2, 0.25) is 5.91 Å². The van der Waals surface area contributed by atoms with Gasteiger partial charge in [0.05, 0.1) is 6.54 Å². The van der Waals surface area contributed by atoms with Gasteiger partial charge in [-0.1, -0.05) is 54.1 Å². The van der Waals surface area contributed by atoms with E-state index >= 15 is 0 Å². The number of hydrogen-bond acceptors (Lipinski definition) is 6. The first kappa shape index (κ1) is 41.5. The molecule has 0 spiro atoms. The van der Waals surface area contributed by atoms with Crippen molar-refractivity contribution in [3.05, 3.63) is 100 Å². The number of hydrogen-bond donors (Lipinski definition) is 2. The molecule has 0 atom stereocenters. The number of anilines is 1. The van der Waals surface area contributed by atoms with E-state index in [0.29, 0.717) is 23.7 Å². The Hall–Kier alpha value is -4.67. The average molecular weight is 733 g/mol. The number of alkyl halides is 6. The molecule has 0 radical (unpaired) electrons. The third kappa shape index (κ3) is 13.7. The average Bonchev–Trinajstić information content (AvgIpc) is 3.16. The number of aliphatic carboxylic acids is 2. The maximum Gasteiger partial charge on any atom is 0.490 e. The monoisotopic (exact) mass is 732 g/mol. The van der Waals surface area contributed by atoms with E-state index in [-0.39, 0.29) is 18.4 Å². The van der Waals surface area contributed by atoms with E-state index in [1.807, 2.05) is 24.3 Å². The number of halogens is 7. The molecule has 0 aliphatic carbocycles. The maximum absolute atomic E-state index is 13.4. The summed E-state index contributed by atoms with van der Waals surface area (Å²) in [6, 6.07) is 23.0. The smallest absolute Gasteiger partial charge is 0.475 e. The Morgan fingerprint density at radius 1 is 0.760 bits per heavy atom. The van der Waals surface area contributed by atoms with E-state index in [1.165, 1.54) is 5.56 Å². The molecule has 4 rings (SSSR count). The fourth-order valence-electron chi connectivity index (χ4n) is 4.34. The van der Waals surface area contributed by atoms with Crippen LogP contribution in [0.25, 0.3) is 0 Å². The number of likely N-dealkylation sites (N-methyl/N-ethyl adjacent to an activating group) is 2. The number of carboxylic acids is 2. The molecule has 10 nitrogen and oxygen atoms in total. The van der Waals surface area contributed by atoms with Crippen LogP contribution in [0.15, 0.2) is 72.8 Å². The van der Waals surface area contributed by atoms with E-state index in [1.54, 1.807) is 34.1 Å². The van der Waals surface area contributed by atoms with Crippen molar-refractivity contribution in [2.24, 2.45) is 0 Å². The van der Waals surface area contributed by atoms with Gasteiger partial charge in [0.15, 0.2) is 0 Å². The number of fused-ring (bicyclic) bond motifs is 1. The first-order valence-corrected chi connectivity index (χ1v) is 15.0. The molecule has 3 aromatic rings. The molecule has 0 bridgehead atoms. The summed E-state index contributed by atoms with van der Waals surface area (Å²) in [6.07, 6.45) is -10.2. The molecule has 0 saturated carbocycles. The standard InChI is InChI=1S/C29H33ClN4O2.2C2HF3O2/c1-31(2)16-17-32(3)18-22-8-10-23(11-9-22)19-34-27-7-5-4-6-25(27)20-33(21-28(34)35)29(36)24-12-14-26(30)15-13-24;2*3-2(4,5)1(6)7/h4-15H,16-21H2,1-3H3;2*(H,6,7). The molecule has 0 aromatic heterocycles. The summed E-state index contributed by atoms with van der Waals surface area (Å²) in [6.45, 7) is 3.74. The quantitative estimate of drug-likeness (QED) is 0.280. The lowest BCUT2D eigenvalue weighted by Gasteiger charge is -2.23. The summed E-state index contributed by atoms with van der Waals surface area (Å²) in [5, 5.41) is 14.8. The molecule has 0 saturated heterocycles. The third-order valence-corrected chi connectivity index (χ3v) is 7.13. The van der Waals surface area contributed by atoms with Crippen molar-refractivity contribution in [2.45, 2.75) is 32.0 Å². The topological polar surface area (TPSA) is 122 Å². The number of carboxylic acid groups (broad SMARTS) is 2. The van der Waals surface area contributed by atoms with Crippen LogP contribution in [0.5, 0.6) is 0 Å². The van der Waals surface area contributed by atoms with E-state index in [2.05, 4.69) is 55.2 Å². The molecule has 50 heavy (non-hydrogen) atoms. The van der Waals surface area contributed by atoms with Gasteiger partial charge in [-0.2, -0.15) is 26.3 Å². The molecule has 17 heteroatoms. The van der Waals surface area contributed by atoms with Crippen molar-refractivity contribution in [3.63, 3.8) is 0 Å². The molecule has 3 aromatic carbocycles. The van der Waals surface area contributed by atoms with Gasteiger partial charge in [0, 0.05) is 42.5 Å². The van der Waals surface area contributed by atoms with Crippen molar-refractivity contribution in [1.82, 2.24) is 14.7 Å². The van der Waals surface area contributed by atoms with Crippen molar-refractivity contribution in [1.29, 1.82) is 0 Å². The van der Waals surface area contributed by atoms with Crippen LogP contribution >= 0.6 is 11.6 Å². The minimum absolute atomic E-state index is 0.0187. The summed E-state index contributed by atoms with van der Waals surface area (Å²) in [5.74, 6) is -5.80. The predicted octanol–water partition coefficient (Wildman–Crippen LogP) is 5.79. The number of para-hydroxylation sites is 1. The van der Waals surface area contributed by atoms with Crippen LogP contribution in [0.3, 0.4) is 0 Å². The molecular formula is C33H35ClF6N4O6. The fourth-order valence-corrected chi connectivity index (χ4v) is 4.46. The van der Waals surface area contributed by atoms with Crippen molar-refractivity contribution < 1.29 is 55.7 Å². The highest BCUT2D eigenvalue weighted by atomic mass is 35.5. The Kier molecular flexibility index (Phi) is 15.2. The van der Waals surface area contributed by atoms with Gasteiger partial charge >= 0.3 is 24.3 Å². The van der Waals surface area contributed by atoms with E-state index in [4.69, 9.17) is 31.4 Å². The highest BCUT2D eigenvalue weighted by molar-refractivity contribution is 6.30. The third-order valence-electron chi connectivity index (χ3n) is 6.88. The van der Waals surface area contributed by atoms with Crippen molar-refractivity contribution in [3.8, 4) is 0 Å². The van der Waals surface area contributed by atoms with Gasteiger partial charge < -0.3 is 29.8 Å². The second kappa shape index (κ2) is 18.4. The van der Waals surface area contributed by atoms with Crippen molar-refractivity contribution in [2.75, 3.05) is 45.7 Å². The molecule has 1 heterocycles. The Labute approximate surface area is 289 Å². The number of amides is 2. The molecule has 2 amide bonds. The van der Waals surface area contributed by atoms with E-state index in [0.717, 1.165) is 36.4 Å². The van der Waals surface area contributed by atoms with Crippen LogP contribution in [-0.4, -0.2) is 102 Å². The van der Waals surface area contributed by atoms with Crippen LogP contribution in [0.2, 0.25) is 5.02 Å². The van der Waals surface area contributed by atoms with Gasteiger partial charge in [-0.25, -0.2) is 9.59 Å². The summed E-state index contributed by atoms with van der Waals surface area (Å²) in [4.78, 5) is 52.3. The number of benzene rings is 3. The largest absolute Gasteiger partial charge is 0.490 e. The lowest BCUT2D eigenvalue weighted by Crippen LogP contribution is -2.39. The number of nitrogens with zero attached hydrogens (tertiary/aromatic N) is 4. The van der Waals surface area contributed by atoms with E-state index in [9.17, 15) is 35.9 Å². The summed E-state index contributed by atoms with van der Waals surface area (Å²) in [5.41, 5.74) is 4.60. The van der Waals surface area contributed by atoms with Crippen LogP contribution < -0.4 is 4.90 Å². The lowest BCUT2D eigenvalue weighted by molar-refractivity contribution is -0.193.